The Bertz CT molecular complexity index is 675. The largest absolute Gasteiger partial charge is 0.480 e. The van der Waals surface area contributed by atoms with Gasteiger partial charge in [0.1, 0.15) is 6.04 Å². The van der Waals surface area contributed by atoms with Gasteiger partial charge in [0.05, 0.1) is 4.90 Å². The van der Waals surface area contributed by atoms with Crippen molar-refractivity contribution in [3.63, 3.8) is 0 Å². The van der Waals surface area contributed by atoms with E-state index in [-0.39, 0.29) is 16.7 Å². The van der Waals surface area contributed by atoms with Crippen LogP contribution in [-0.4, -0.2) is 36.4 Å². The van der Waals surface area contributed by atoms with E-state index in [9.17, 15) is 18.3 Å². The minimum Gasteiger partial charge on any atom is -0.480 e. The van der Waals surface area contributed by atoms with E-state index in [1.165, 1.54) is 16.4 Å². The van der Waals surface area contributed by atoms with Crippen LogP contribution < -0.4 is 0 Å². The van der Waals surface area contributed by atoms with Crippen molar-refractivity contribution in [3.8, 4) is 0 Å². The molecular formula is C14H16BrNO4S. The van der Waals surface area contributed by atoms with Gasteiger partial charge in [0.25, 0.3) is 0 Å². The average molecular weight is 374 g/mol. The first-order chi connectivity index (χ1) is 9.91. The molecule has 21 heavy (non-hydrogen) atoms. The van der Waals surface area contributed by atoms with Crippen molar-refractivity contribution < 1.29 is 18.3 Å². The number of hydrogen-bond acceptors (Lipinski definition) is 3. The first-order valence-corrected chi connectivity index (χ1v) is 9.15. The zero-order valence-electron chi connectivity index (χ0n) is 11.3. The zero-order chi connectivity index (χ0) is 15.2. The number of benzene rings is 1. The smallest absolute Gasteiger partial charge is 0.322 e. The molecule has 3 atom stereocenters. The second kappa shape index (κ2) is 5.37. The predicted molar refractivity (Wildman–Crippen MR) is 80.3 cm³/mol. The number of carbonyl (C=O) groups is 1. The number of nitrogens with zero attached hydrogens (tertiary/aromatic N) is 1. The molecule has 0 aromatic heterocycles. The summed E-state index contributed by atoms with van der Waals surface area (Å²) in [6, 6.07) is 5.48. The van der Waals surface area contributed by atoms with E-state index < -0.39 is 22.0 Å². The minimum absolute atomic E-state index is 0.0515. The monoisotopic (exact) mass is 373 g/mol. The van der Waals surface area contributed by atoms with Crippen molar-refractivity contribution in [2.24, 2.45) is 11.8 Å². The Labute approximate surface area is 132 Å². The standard InChI is InChI=1S/C14H16BrNO4S/c15-10-4-2-5-11(7-10)21(19,20)16-8-9-3-1-6-12(9)13(16)14(17)18/h2,4-5,7,9,12-13H,1,3,6,8H2,(H,17,18). The average Bonchev–Trinajstić information content (AvgIpc) is 2.97. The summed E-state index contributed by atoms with van der Waals surface area (Å²) >= 11 is 3.26. The molecule has 1 N–H and O–H groups in total. The lowest BCUT2D eigenvalue weighted by Crippen LogP contribution is -2.43. The molecule has 2 aliphatic rings. The van der Waals surface area contributed by atoms with Gasteiger partial charge < -0.3 is 5.11 Å². The lowest BCUT2D eigenvalue weighted by molar-refractivity contribution is -0.142. The van der Waals surface area contributed by atoms with Crippen molar-refractivity contribution in [1.29, 1.82) is 0 Å². The van der Waals surface area contributed by atoms with Gasteiger partial charge >= 0.3 is 5.97 Å². The van der Waals surface area contributed by atoms with E-state index >= 15 is 0 Å². The molecule has 3 rings (SSSR count). The van der Waals surface area contributed by atoms with Crippen molar-refractivity contribution in [2.45, 2.75) is 30.2 Å². The Balaban J connectivity index is 2.00. The first-order valence-electron chi connectivity index (χ1n) is 6.91. The third kappa shape index (κ3) is 2.51. The molecule has 0 spiro atoms. The molecule has 0 bridgehead atoms. The Morgan fingerprint density at radius 2 is 2.10 bits per heavy atom. The van der Waals surface area contributed by atoms with Crippen LogP contribution in [0.1, 0.15) is 19.3 Å². The molecule has 1 saturated carbocycles. The van der Waals surface area contributed by atoms with Crippen LogP contribution in [0.3, 0.4) is 0 Å². The summed E-state index contributed by atoms with van der Waals surface area (Å²) in [6.07, 6.45) is 2.70. The molecule has 7 heteroatoms. The maximum absolute atomic E-state index is 12.8. The molecule has 5 nitrogen and oxygen atoms in total. The van der Waals surface area contributed by atoms with E-state index in [4.69, 9.17) is 0 Å². The zero-order valence-corrected chi connectivity index (χ0v) is 13.7. The van der Waals surface area contributed by atoms with Crippen LogP contribution in [0.25, 0.3) is 0 Å². The van der Waals surface area contributed by atoms with Crippen LogP contribution in [-0.2, 0) is 14.8 Å². The Kier molecular flexibility index (Phi) is 3.83. The highest BCUT2D eigenvalue weighted by Crippen LogP contribution is 2.44. The maximum Gasteiger partial charge on any atom is 0.322 e. The van der Waals surface area contributed by atoms with Crippen molar-refractivity contribution in [3.05, 3.63) is 28.7 Å². The van der Waals surface area contributed by atoms with Gasteiger partial charge in [-0.3, -0.25) is 4.79 Å². The fourth-order valence-corrected chi connectivity index (χ4v) is 5.86. The molecule has 114 valence electrons. The van der Waals surface area contributed by atoms with E-state index in [1.54, 1.807) is 12.1 Å². The molecule has 1 aliphatic heterocycles. The molecule has 0 amide bonds. The SMILES string of the molecule is O=C(O)C1C2CCCC2CN1S(=O)(=O)c1cccc(Br)c1. The molecule has 1 aliphatic carbocycles. The van der Waals surface area contributed by atoms with Gasteiger partial charge in [0, 0.05) is 11.0 Å². The van der Waals surface area contributed by atoms with E-state index in [0.717, 1.165) is 19.3 Å². The second-order valence-electron chi connectivity index (χ2n) is 5.67. The van der Waals surface area contributed by atoms with Crippen molar-refractivity contribution >= 4 is 31.9 Å². The quantitative estimate of drug-likeness (QED) is 0.881. The Hall–Kier alpha value is -0.920. The van der Waals surface area contributed by atoms with Gasteiger partial charge in [-0.1, -0.05) is 28.4 Å². The fourth-order valence-electron chi connectivity index (χ4n) is 3.58. The third-order valence-electron chi connectivity index (χ3n) is 4.50. The number of fused-ring (bicyclic) bond motifs is 1. The van der Waals surface area contributed by atoms with E-state index in [2.05, 4.69) is 15.9 Å². The molecule has 3 unspecified atom stereocenters. The normalized spacial score (nSPS) is 29.5. The fraction of sp³-hybridized carbons (Fsp3) is 0.500. The second-order valence-corrected chi connectivity index (χ2v) is 8.48. The Morgan fingerprint density at radius 3 is 2.76 bits per heavy atom. The van der Waals surface area contributed by atoms with Gasteiger partial charge in [-0.15, -0.1) is 0 Å². The highest BCUT2D eigenvalue weighted by molar-refractivity contribution is 9.10. The molecule has 1 aromatic rings. The van der Waals surface area contributed by atoms with Crippen molar-refractivity contribution in [1.82, 2.24) is 4.31 Å². The van der Waals surface area contributed by atoms with Crippen LogP contribution in [0.15, 0.2) is 33.6 Å². The Morgan fingerprint density at radius 1 is 1.33 bits per heavy atom. The van der Waals surface area contributed by atoms with Crippen LogP contribution in [0.4, 0.5) is 0 Å². The number of halogens is 1. The highest BCUT2D eigenvalue weighted by atomic mass is 79.9. The van der Waals surface area contributed by atoms with Gasteiger partial charge in [-0.2, -0.15) is 4.31 Å². The summed E-state index contributed by atoms with van der Waals surface area (Å²) in [5, 5.41) is 9.48. The maximum atomic E-state index is 12.8. The van der Waals surface area contributed by atoms with Gasteiger partial charge in [0.2, 0.25) is 10.0 Å². The van der Waals surface area contributed by atoms with Crippen molar-refractivity contribution in [2.75, 3.05) is 6.54 Å². The molecule has 2 fully saturated rings. The number of rotatable bonds is 3. The topological polar surface area (TPSA) is 74.7 Å². The third-order valence-corrected chi connectivity index (χ3v) is 6.84. The van der Waals surface area contributed by atoms with E-state index in [1.807, 2.05) is 0 Å². The summed E-state index contributed by atoms with van der Waals surface area (Å²) in [7, 11) is -3.77. The summed E-state index contributed by atoms with van der Waals surface area (Å²) in [6.45, 7) is 0.316. The minimum atomic E-state index is -3.77. The van der Waals surface area contributed by atoms with Crippen LogP contribution in [0, 0.1) is 11.8 Å². The predicted octanol–water partition coefficient (Wildman–Crippen LogP) is 2.32. The number of sulfonamides is 1. The molecule has 1 aromatic carbocycles. The van der Waals surface area contributed by atoms with Gasteiger partial charge in [0.15, 0.2) is 0 Å². The van der Waals surface area contributed by atoms with Crippen LogP contribution in [0.2, 0.25) is 0 Å². The molecule has 1 saturated heterocycles. The number of carboxylic acids is 1. The van der Waals surface area contributed by atoms with Gasteiger partial charge in [-0.25, -0.2) is 8.42 Å². The molecule has 0 radical (unpaired) electrons. The summed E-state index contributed by atoms with van der Waals surface area (Å²) in [5.41, 5.74) is 0. The first kappa shape index (κ1) is 15.0. The lowest BCUT2D eigenvalue weighted by atomic mass is 9.94. The van der Waals surface area contributed by atoms with E-state index in [0.29, 0.717) is 11.0 Å². The summed E-state index contributed by atoms with van der Waals surface area (Å²) in [4.78, 5) is 11.7. The van der Waals surface area contributed by atoms with Crippen LogP contribution >= 0.6 is 15.9 Å². The van der Waals surface area contributed by atoms with Gasteiger partial charge in [-0.05, 0) is 42.9 Å². The molecule has 1 heterocycles. The molecular weight excluding hydrogens is 358 g/mol. The lowest BCUT2D eigenvalue weighted by Gasteiger charge is -2.23. The summed E-state index contributed by atoms with van der Waals surface area (Å²) in [5.74, 6) is -0.916. The highest BCUT2D eigenvalue weighted by Gasteiger charge is 2.52. The van der Waals surface area contributed by atoms with Crippen LogP contribution in [0.5, 0.6) is 0 Å². The number of hydrogen-bond donors (Lipinski definition) is 1. The number of carboxylic acid groups (broad SMARTS) is 1. The number of aliphatic carboxylic acids is 1. The summed E-state index contributed by atoms with van der Waals surface area (Å²) < 4.78 is 27.4.